The van der Waals surface area contributed by atoms with Crippen LogP contribution in [-0.2, 0) is 16.1 Å². The number of fused-ring (bicyclic) bond motifs is 1. The number of likely N-dealkylation sites (N-methyl/N-ethyl adjacent to an activating group) is 1. The van der Waals surface area contributed by atoms with E-state index in [2.05, 4.69) is 17.6 Å². The van der Waals surface area contributed by atoms with Gasteiger partial charge in [-0.2, -0.15) is 0 Å². The molecule has 0 bridgehead atoms. The van der Waals surface area contributed by atoms with Gasteiger partial charge in [0.15, 0.2) is 0 Å². The second kappa shape index (κ2) is 7.91. The molecule has 7 nitrogen and oxygen atoms in total. The molecule has 0 aromatic heterocycles. The second-order valence-electron chi connectivity index (χ2n) is 7.82. The van der Waals surface area contributed by atoms with Gasteiger partial charge in [-0.05, 0) is 56.0 Å². The number of amides is 3. The average molecular weight is 385 g/mol. The number of rotatable bonds is 5. The topological polar surface area (TPSA) is 87.7 Å². The summed E-state index contributed by atoms with van der Waals surface area (Å²) in [6.45, 7) is 3.40. The number of hydrogen-bond donors (Lipinski definition) is 2. The monoisotopic (exact) mass is 385 g/mol. The zero-order valence-electron chi connectivity index (χ0n) is 16.2. The quantitative estimate of drug-likeness (QED) is 0.754. The Labute approximate surface area is 164 Å². The predicted molar refractivity (Wildman–Crippen MR) is 103 cm³/mol. The second-order valence-corrected chi connectivity index (χ2v) is 7.82. The minimum absolute atomic E-state index is 0.134. The molecule has 0 spiro atoms. The molecule has 28 heavy (non-hydrogen) atoms. The Hall–Kier alpha value is -2.41. The maximum atomic E-state index is 12.8. The number of piperidine rings is 1. The maximum Gasteiger partial charge on any atom is 0.255 e. The smallest absolute Gasteiger partial charge is 0.255 e. The van der Waals surface area contributed by atoms with Gasteiger partial charge < -0.3 is 15.0 Å². The van der Waals surface area contributed by atoms with E-state index >= 15 is 0 Å². The van der Waals surface area contributed by atoms with Gasteiger partial charge in [0.25, 0.3) is 5.91 Å². The first-order chi connectivity index (χ1) is 13.6. The van der Waals surface area contributed by atoms with Gasteiger partial charge in [-0.3, -0.25) is 19.7 Å². The lowest BCUT2D eigenvalue weighted by atomic mass is 9.92. The first-order valence-electron chi connectivity index (χ1n) is 10.2. The van der Waals surface area contributed by atoms with E-state index in [4.69, 9.17) is 4.74 Å². The zero-order chi connectivity index (χ0) is 19.7. The molecule has 3 unspecified atom stereocenters. The summed E-state index contributed by atoms with van der Waals surface area (Å²) >= 11 is 0. The highest BCUT2D eigenvalue weighted by Crippen LogP contribution is 2.31. The van der Waals surface area contributed by atoms with E-state index in [1.807, 2.05) is 12.1 Å². The molecule has 150 valence electrons. The predicted octanol–water partition coefficient (Wildman–Crippen LogP) is 1.75. The van der Waals surface area contributed by atoms with Gasteiger partial charge in [0, 0.05) is 24.6 Å². The Morgan fingerprint density at radius 2 is 2.00 bits per heavy atom. The lowest BCUT2D eigenvalue weighted by molar-refractivity contribution is -0.136. The van der Waals surface area contributed by atoms with Crippen LogP contribution in [0.3, 0.4) is 0 Å². The van der Waals surface area contributed by atoms with E-state index in [1.165, 1.54) is 12.8 Å². The van der Waals surface area contributed by atoms with Crippen molar-refractivity contribution in [2.45, 2.75) is 70.2 Å². The largest absolute Gasteiger partial charge is 0.489 e. The number of benzene rings is 1. The number of nitrogens with one attached hydrogen (secondary N) is 2. The third kappa shape index (κ3) is 3.63. The molecule has 1 saturated carbocycles. The van der Waals surface area contributed by atoms with E-state index in [0.717, 1.165) is 30.7 Å². The highest BCUT2D eigenvalue weighted by Gasteiger charge is 2.39. The van der Waals surface area contributed by atoms with Crippen LogP contribution in [0.1, 0.15) is 61.4 Å². The standard InChI is InChI=1S/C21H27N3O4/c1-2-22-16-5-3-4-6-18(16)28-14-7-8-15-13(11-14)12-24(21(15)27)17-9-10-19(25)23-20(17)26/h7-8,11,16-18,22H,2-6,9-10,12H2,1H3,(H,23,25,26). The fourth-order valence-electron chi connectivity index (χ4n) is 4.53. The normalized spacial score (nSPS) is 27.5. The van der Waals surface area contributed by atoms with E-state index in [-0.39, 0.29) is 30.2 Å². The van der Waals surface area contributed by atoms with Gasteiger partial charge in [0.05, 0.1) is 0 Å². The Morgan fingerprint density at radius 1 is 1.18 bits per heavy atom. The number of nitrogens with zero attached hydrogens (tertiary/aromatic N) is 1. The molecular formula is C21H27N3O4. The van der Waals surface area contributed by atoms with Crippen LogP contribution in [0.5, 0.6) is 5.75 Å². The third-order valence-corrected chi connectivity index (χ3v) is 5.95. The van der Waals surface area contributed by atoms with Crippen molar-refractivity contribution in [2.24, 2.45) is 0 Å². The van der Waals surface area contributed by atoms with Crippen molar-refractivity contribution in [1.82, 2.24) is 15.5 Å². The van der Waals surface area contributed by atoms with Crippen LogP contribution >= 0.6 is 0 Å². The minimum atomic E-state index is -0.585. The fourth-order valence-corrected chi connectivity index (χ4v) is 4.53. The van der Waals surface area contributed by atoms with Crippen molar-refractivity contribution in [3.63, 3.8) is 0 Å². The van der Waals surface area contributed by atoms with Crippen molar-refractivity contribution >= 4 is 17.7 Å². The molecule has 3 atom stereocenters. The van der Waals surface area contributed by atoms with E-state index in [0.29, 0.717) is 24.6 Å². The molecule has 7 heteroatoms. The van der Waals surface area contributed by atoms with Gasteiger partial charge >= 0.3 is 0 Å². The van der Waals surface area contributed by atoms with Crippen molar-refractivity contribution < 1.29 is 19.1 Å². The summed E-state index contributed by atoms with van der Waals surface area (Å²) < 4.78 is 6.28. The van der Waals surface area contributed by atoms with Crippen LogP contribution in [0.4, 0.5) is 0 Å². The molecule has 2 fully saturated rings. The summed E-state index contributed by atoms with van der Waals surface area (Å²) in [5.41, 5.74) is 1.49. The van der Waals surface area contributed by atoms with Gasteiger partial charge in [0.1, 0.15) is 17.9 Å². The highest BCUT2D eigenvalue weighted by molar-refractivity contribution is 6.05. The highest BCUT2D eigenvalue weighted by atomic mass is 16.5. The lowest BCUT2D eigenvalue weighted by Crippen LogP contribution is -2.52. The SMILES string of the molecule is CCNC1CCCCC1Oc1ccc2c(c1)CN(C1CCC(=O)NC1=O)C2=O. The van der Waals surface area contributed by atoms with Crippen LogP contribution in [-0.4, -0.2) is 47.4 Å². The van der Waals surface area contributed by atoms with Gasteiger partial charge in [-0.25, -0.2) is 0 Å². The summed E-state index contributed by atoms with van der Waals surface area (Å²) in [6, 6.07) is 5.34. The number of carbonyl (C=O) groups is 3. The Bertz CT molecular complexity index is 792. The number of hydrogen-bond acceptors (Lipinski definition) is 5. The molecule has 3 amide bonds. The molecule has 2 heterocycles. The third-order valence-electron chi connectivity index (χ3n) is 5.95. The van der Waals surface area contributed by atoms with Gasteiger partial charge in [-0.15, -0.1) is 0 Å². The van der Waals surface area contributed by atoms with Crippen molar-refractivity contribution in [3.8, 4) is 5.75 Å². The molecular weight excluding hydrogens is 358 g/mol. The zero-order valence-corrected chi connectivity index (χ0v) is 16.2. The maximum absolute atomic E-state index is 12.8. The summed E-state index contributed by atoms with van der Waals surface area (Å²) in [6.07, 6.45) is 5.30. The van der Waals surface area contributed by atoms with E-state index in [9.17, 15) is 14.4 Å². The summed E-state index contributed by atoms with van der Waals surface area (Å²) in [5.74, 6) is -0.0425. The Kier molecular flexibility index (Phi) is 5.35. The van der Waals surface area contributed by atoms with Crippen LogP contribution in [0.15, 0.2) is 18.2 Å². The molecule has 2 N–H and O–H groups in total. The fraction of sp³-hybridized carbons (Fsp3) is 0.571. The molecule has 1 aromatic rings. The lowest BCUT2D eigenvalue weighted by Gasteiger charge is -2.32. The van der Waals surface area contributed by atoms with Gasteiger partial charge in [0.2, 0.25) is 11.8 Å². The van der Waals surface area contributed by atoms with Crippen molar-refractivity contribution in [3.05, 3.63) is 29.3 Å². The Morgan fingerprint density at radius 3 is 2.79 bits per heavy atom. The van der Waals surface area contributed by atoms with Crippen LogP contribution in [0.25, 0.3) is 0 Å². The Balaban J connectivity index is 1.48. The average Bonchev–Trinajstić information content (AvgIpc) is 2.99. The van der Waals surface area contributed by atoms with E-state index < -0.39 is 6.04 Å². The van der Waals surface area contributed by atoms with Crippen LogP contribution in [0, 0.1) is 0 Å². The van der Waals surface area contributed by atoms with E-state index in [1.54, 1.807) is 11.0 Å². The molecule has 1 saturated heterocycles. The van der Waals surface area contributed by atoms with Crippen LogP contribution in [0.2, 0.25) is 0 Å². The summed E-state index contributed by atoms with van der Waals surface area (Å²) in [5, 5.41) is 5.85. The van der Waals surface area contributed by atoms with Crippen molar-refractivity contribution in [1.29, 1.82) is 0 Å². The van der Waals surface area contributed by atoms with Crippen LogP contribution < -0.4 is 15.4 Å². The molecule has 1 aromatic carbocycles. The number of ether oxygens (including phenoxy) is 1. The number of carbonyl (C=O) groups excluding carboxylic acids is 3. The first-order valence-corrected chi connectivity index (χ1v) is 10.2. The molecule has 2 aliphatic heterocycles. The number of imide groups is 1. The van der Waals surface area contributed by atoms with Crippen molar-refractivity contribution in [2.75, 3.05) is 6.54 Å². The molecule has 1 aliphatic carbocycles. The summed E-state index contributed by atoms with van der Waals surface area (Å²) in [7, 11) is 0. The van der Waals surface area contributed by atoms with Gasteiger partial charge in [-0.1, -0.05) is 13.3 Å². The molecule has 4 rings (SSSR count). The summed E-state index contributed by atoms with van der Waals surface area (Å²) in [4.78, 5) is 37.9. The molecule has 0 radical (unpaired) electrons. The first kappa shape index (κ1) is 18.9. The minimum Gasteiger partial charge on any atom is -0.489 e. The molecule has 3 aliphatic rings.